The first-order chi connectivity index (χ1) is 16.8. The molecule has 1 aliphatic rings. The SMILES string of the molecule is CC(C)c1ccc(OCC(=O)N(Cc2ccc3c(c2)OCO3)Cc2ccccc2F)c(C(=O)O)c1. The molecule has 1 amide bonds. The average molecular weight is 480 g/mol. The molecule has 0 saturated heterocycles. The zero-order valence-corrected chi connectivity index (χ0v) is 19.5. The molecule has 0 atom stereocenters. The third-order valence-corrected chi connectivity index (χ3v) is 5.73. The molecule has 1 aliphatic heterocycles. The highest BCUT2D eigenvalue weighted by atomic mass is 19.1. The van der Waals surface area contributed by atoms with Gasteiger partial charge in [0.2, 0.25) is 6.79 Å². The van der Waals surface area contributed by atoms with Gasteiger partial charge in [-0.15, -0.1) is 0 Å². The maximum Gasteiger partial charge on any atom is 0.339 e. The second-order valence-corrected chi connectivity index (χ2v) is 8.53. The summed E-state index contributed by atoms with van der Waals surface area (Å²) in [5, 5.41) is 9.60. The van der Waals surface area contributed by atoms with Crippen LogP contribution in [0.4, 0.5) is 4.39 Å². The fourth-order valence-electron chi connectivity index (χ4n) is 3.75. The summed E-state index contributed by atoms with van der Waals surface area (Å²) in [6.07, 6.45) is 0. The molecule has 4 rings (SSSR count). The van der Waals surface area contributed by atoms with Gasteiger partial charge in [0.15, 0.2) is 18.1 Å². The van der Waals surface area contributed by atoms with Gasteiger partial charge in [-0.25, -0.2) is 9.18 Å². The fourth-order valence-corrected chi connectivity index (χ4v) is 3.75. The van der Waals surface area contributed by atoms with Gasteiger partial charge in [0, 0.05) is 18.7 Å². The number of ether oxygens (including phenoxy) is 3. The van der Waals surface area contributed by atoms with Crippen LogP contribution in [-0.4, -0.2) is 35.3 Å². The molecular weight excluding hydrogens is 453 g/mol. The number of hydrogen-bond acceptors (Lipinski definition) is 5. The number of carboxylic acids is 1. The van der Waals surface area contributed by atoms with Crippen molar-refractivity contribution < 1.29 is 33.3 Å². The fraction of sp³-hybridized carbons (Fsp3) is 0.259. The van der Waals surface area contributed by atoms with Gasteiger partial charge in [-0.1, -0.05) is 44.2 Å². The highest BCUT2D eigenvalue weighted by Gasteiger charge is 2.21. The van der Waals surface area contributed by atoms with Crippen molar-refractivity contribution in [3.63, 3.8) is 0 Å². The van der Waals surface area contributed by atoms with E-state index in [1.807, 2.05) is 19.9 Å². The summed E-state index contributed by atoms with van der Waals surface area (Å²) < 4.78 is 30.8. The van der Waals surface area contributed by atoms with E-state index < -0.39 is 24.3 Å². The molecule has 0 saturated carbocycles. The highest BCUT2D eigenvalue weighted by Crippen LogP contribution is 2.33. The summed E-state index contributed by atoms with van der Waals surface area (Å²) in [5.74, 6) is -0.544. The van der Waals surface area contributed by atoms with E-state index in [0.717, 1.165) is 11.1 Å². The molecule has 3 aromatic carbocycles. The largest absolute Gasteiger partial charge is 0.483 e. The maximum absolute atomic E-state index is 14.4. The van der Waals surface area contributed by atoms with Crippen LogP contribution in [0.3, 0.4) is 0 Å². The van der Waals surface area contributed by atoms with E-state index in [9.17, 15) is 19.1 Å². The molecule has 3 aromatic rings. The quantitative estimate of drug-likeness (QED) is 0.466. The minimum Gasteiger partial charge on any atom is -0.483 e. The van der Waals surface area contributed by atoms with Gasteiger partial charge in [-0.2, -0.15) is 0 Å². The van der Waals surface area contributed by atoms with Crippen LogP contribution >= 0.6 is 0 Å². The zero-order chi connectivity index (χ0) is 24.9. The van der Waals surface area contributed by atoms with Crippen molar-refractivity contribution in [1.82, 2.24) is 4.90 Å². The minimum atomic E-state index is -1.14. The van der Waals surface area contributed by atoms with E-state index in [1.54, 1.807) is 48.5 Å². The zero-order valence-electron chi connectivity index (χ0n) is 19.5. The van der Waals surface area contributed by atoms with Gasteiger partial charge in [0.1, 0.15) is 17.1 Å². The second-order valence-electron chi connectivity index (χ2n) is 8.53. The van der Waals surface area contributed by atoms with Crippen LogP contribution in [0.1, 0.15) is 46.8 Å². The summed E-state index contributed by atoms with van der Waals surface area (Å²) in [6.45, 7) is 3.84. The Kier molecular flexibility index (Phi) is 7.19. The summed E-state index contributed by atoms with van der Waals surface area (Å²) in [5.41, 5.74) is 1.96. The predicted molar refractivity (Wildman–Crippen MR) is 126 cm³/mol. The van der Waals surface area contributed by atoms with Gasteiger partial charge >= 0.3 is 5.97 Å². The first-order valence-corrected chi connectivity index (χ1v) is 11.2. The number of aromatic carboxylic acids is 1. The number of amides is 1. The van der Waals surface area contributed by atoms with E-state index >= 15 is 0 Å². The predicted octanol–water partition coefficient (Wildman–Crippen LogP) is 4.98. The Balaban J connectivity index is 1.54. The van der Waals surface area contributed by atoms with E-state index in [1.165, 1.54) is 11.0 Å². The lowest BCUT2D eigenvalue weighted by Crippen LogP contribution is -2.34. The Morgan fingerprint density at radius 3 is 2.54 bits per heavy atom. The molecule has 0 fully saturated rings. The normalized spacial score (nSPS) is 12.0. The number of carbonyl (C=O) groups excluding carboxylic acids is 1. The molecule has 1 N–H and O–H groups in total. The molecule has 182 valence electrons. The first-order valence-electron chi connectivity index (χ1n) is 11.2. The average Bonchev–Trinajstić information content (AvgIpc) is 3.31. The van der Waals surface area contributed by atoms with Crippen molar-refractivity contribution >= 4 is 11.9 Å². The molecule has 0 aliphatic carbocycles. The second kappa shape index (κ2) is 10.5. The van der Waals surface area contributed by atoms with Crippen LogP contribution in [0.25, 0.3) is 0 Å². The summed E-state index contributed by atoms with van der Waals surface area (Å²) in [6, 6.07) is 16.5. The van der Waals surface area contributed by atoms with Crippen LogP contribution in [0.15, 0.2) is 60.7 Å². The summed E-state index contributed by atoms with van der Waals surface area (Å²) in [4.78, 5) is 26.4. The lowest BCUT2D eigenvalue weighted by Gasteiger charge is -2.24. The monoisotopic (exact) mass is 479 g/mol. The standard InChI is InChI=1S/C27H26FNO6/c1-17(2)19-8-10-23(21(12-19)27(31)32)33-15-26(30)29(14-20-5-3-4-6-22(20)28)13-18-7-9-24-25(11-18)35-16-34-24/h3-12,17H,13-16H2,1-2H3,(H,31,32). The number of nitrogens with zero attached hydrogens (tertiary/aromatic N) is 1. The lowest BCUT2D eigenvalue weighted by molar-refractivity contribution is -0.134. The highest BCUT2D eigenvalue weighted by molar-refractivity contribution is 5.91. The Hall–Kier alpha value is -4.07. The number of rotatable bonds is 9. The van der Waals surface area contributed by atoms with Crippen molar-refractivity contribution in [3.8, 4) is 17.2 Å². The molecule has 0 aromatic heterocycles. The Morgan fingerprint density at radius 1 is 1.03 bits per heavy atom. The van der Waals surface area contributed by atoms with Crippen molar-refractivity contribution in [3.05, 3.63) is 88.7 Å². The Morgan fingerprint density at radius 2 is 1.80 bits per heavy atom. The third-order valence-electron chi connectivity index (χ3n) is 5.73. The summed E-state index contributed by atoms with van der Waals surface area (Å²) in [7, 11) is 0. The van der Waals surface area contributed by atoms with Crippen LogP contribution in [0, 0.1) is 5.82 Å². The van der Waals surface area contributed by atoms with Gasteiger partial charge < -0.3 is 24.2 Å². The van der Waals surface area contributed by atoms with Crippen LogP contribution in [0.5, 0.6) is 17.2 Å². The summed E-state index contributed by atoms with van der Waals surface area (Å²) >= 11 is 0. The van der Waals surface area contributed by atoms with Crippen molar-refractivity contribution in [1.29, 1.82) is 0 Å². The van der Waals surface area contributed by atoms with E-state index in [-0.39, 0.29) is 37.1 Å². The number of fused-ring (bicyclic) bond motifs is 1. The molecule has 35 heavy (non-hydrogen) atoms. The lowest BCUT2D eigenvalue weighted by atomic mass is 10.0. The number of benzene rings is 3. The van der Waals surface area contributed by atoms with Gasteiger partial charge in [-0.05, 0) is 47.4 Å². The molecule has 0 radical (unpaired) electrons. The Labute approximate surface area is 202 Å². The van der Waals surface area contributed by atoms with Crippen molar-refractivity contribution in [2.24, 2.45) is 0 Å². The molecule has 8 heteroatoms. The third kappa shape index (κ3) is 5.71. The number of hydrogen-bond donors (Lipinski definition) is 1. The topological polar surface area (TPSA) is 85.3 Å². The minimum absolute atomic E-state index is 0.0135. The van der Waals surface area contributed by atoms with E-state index in [0.29, 0.717) is 17.1 Å². The molecule has 0 spiro atoms. The number of carbonyl (C=O) groups is 2. The Bertz CT molecular complexity index is 1240. The van der Waals surface area contributed by atoms with Gasteiger partial charge in [0.05, 0.1) is 0 Å². The molecule has 0 bridgehead atoms. The molecule has 7 nitrogen and oxygen atoms in total. The van der Waals surface area contributed by atoms with E-state index in [2.05, 4.69) is 0 Å². The van der Waals surface area contributed by atoms with E-state index in [4.69, 9.17) is 14.2 Å². The first kappa shape index (κ1) is 24.1. The van der Waals surface area contributed by atoms with Crippen LogP contribution in [0.2, 0.25) is 0 Å². The van der Waals surface area contributed by atoms with Crippen molar-refractivity contribution in [2.75, 3.05) is 13.4 Å². The molecular formula is C27H26FNO6. The number of halogens is 1. The van der Waals surface area contributed by atoms with Crippen molar-refractivity contribution in [2.45, 2.75) is 32.9 Å². The van der Waals surface area contributed by atoms with Gasteiger partial charge in [-0.3, -0.25) is 4.79 Å². The molecule has 1 heterocycles. The smallest absolute Gasteiger partial charge is 0.339 e. The van der Waals surface area contributed by atoms with Gasteiger partial charge in [0.25, 0.3) is 5.91 Å². The van der Waals surface area contributed by atoms with Crippen LogP contribution in [-0.2, 0) is 17.9 Å². The maximum atomic E-state index is 14.4. The number of carboxylic acid groups (broad SMARTS) is 1. The molecule has 0 unspecified atom stereocenters. The van der Waals surface area contributed by atoms with Crippen LogP contribution < -0.4 is 14.2 Å².